The Labute approximate surface area is 123 Å². The lowest BCUT2D eigenvalue weighted by molar-refractivity contribution is -0.138. The van der Waals surface area contributed by atoms with Gasteiger partial charge >= 0.3 is 0 Å². The number of hydrogen-bond acceptors (Lipinski definition) is 2. The minimum atomic E-state index is -0.912. The van der Waals surface area contributed by atoms with Gasteiger partial charge in [-0.05, 0) is 44.2 Å². The molecule has 2 amide bonds. The molecule has 2 unspecified atom stereocenters. The van der Waals surface area contributed by atoms with Gasteiger partial charge in [0.2, 0.25) is 5.91 Å². The Balaban J connectivity index is 2.07. The van der Waals surface area contributed by atoms with Gasteiger partial charge in [-0.15, -0.1) is 0 Å². The highest BCUT2D eigenvalue weighted by Gasteiger charge is 2.55. The third-order valence-corrected chi connectivity index (χ3v) is 4.55. The summed E-state index contributed by atoms with van der Waals surface area (Å²) < 4.78 is 14.1. The summed E-state index contributed by atoms with van der Waals surface area (Å²) in [5.41, 5.74) is -0.721. The van der Waals surface area contributed by atoms with Gasteiger partial charge in [-0.1, -0.05) is 19.1 Å². The van der Waals surface area contributed by atoms with Crippen LogP contribution in [0.1, 0.15) is 33.1 Å². The Morgan fingerprint density at radius 3 is 2.57 bits per heavy atom. The third kappa shape index (κ3) is 2.11. The number of anilines is 1. The van der Waals surface area contributed by atoms with Crippen molar-refractivity contribution >= 4 is 17.5 Å². The number of benzene rings is 1. The molecular formula is C16H19FN2O2. The first kappa shape index (κ1) is 14.0. The quantitative estimate of drug-likeness (QED) is 0.928. The van der Waals surface area contributed by atoms with Gasteiger partial charge in [-0.3, -0.25) is 14.5 Å². The van der Waals surface area contributed by atoms with Crippen molar-refractivity contribution in [2.45, 2.75) is 44.7 Å². The average molecular weight is 290 g/mol. The molecule has 2 fully saturated rings. The van der Waals surface area contributed by atoms with Crippen molar-refractivity contribution in [2.75, 3.05) is 4.90 Å². The average Bonchev–Trinajstić information content (AvgIpc) is 3.28. The topological polar surface area (TPSA) is 49.4 Å². The summed E-state index contributed by atoms with van der Waals surface area (Å²) in [6.45, 7) is 3.58. The molecule has 1 saturated carbocycles. The molecule has 0 radical (unpaired) electrons. The maximum Gasteiger partial charge on any atom is 0.253 e. The lowest BCUT2D eigenvalue weighted by Crippen LogP contribution is -2.70. The molecule has 1 aliphatic heterocycles. The molecule has 1 N–H and O–H groups in total. The van der Waals surface area contributed by atoms with Crippen LogP contribution in [0.4, 0.5) is 10.1 Å². The third-order valence-electron chi connectivity index (χ3n) is 4.55. The summed E-state index contributed by atoms with van der Waals surface area (Å²) >= 11 is 0. The number of nitrogens with zero attached hydrogens (tertiary/aromatic N) is 1. The number of carbonyl (C=O) groups is 2. The Morgan fingerprint density at radius 2 is 2.00 bits per heavy atom. The molecule has 2 atom stereocenters. The predicted octanol–water partition coefficient (Wildman–Crippen LogP) is 2.24. The van der Waals surface area contributed by atoms with Gasteiger partial charge in [0.15, 0.2) is 0 Å². The highest BCUT2D eigenvalue weighted by Crippen LogP contribution is 2.43. The molecule has 112 valence electrons. The minimum Gasteiger partial charge on any atom is -0.340 e. The molecule has 1 heterocycles. The van der Waals surface area contributed by atoms with Crippen LogP contribution in [0.3, 0.4) is 0 Å². The van der Waals surface area contributed by atoms with Gasteiger partial charge in [-0.25, -0.2) is 4.39 Å². The van der Waals surface area contributed by atoms with E-state index in [9.17, 15) is 14.0 Å². The lowest BCUT2D eigenvalue weighted by Gasteiger charge is -2.44. The van der Waals surface area contributed by atoms with E-state index in [1.807, 2.05) is 6.92 Å². The van der Waals surface area contributed by atoms with Gasteiger partial charge in [0.1, 0.15) is 17.4 Å². The van der Waals surface area contributed by atoms with Gasteiger partial charge in [0.05, 0.1) is 5.69 Å². The summed E-state index contributed by atoms with van der Waals surface area (Å²) in [5.74, 6) is -0.727. The number of halogens is 1. The van der Waals surface area contributed by atoms with Crippen molar-refractivity contribution in [3.8, 4) is 0 Å². The largest absolute Gasteiger partial charge is 0.340 e. The normalized spacial score (nSPS) is 29.5. The smallest absolute Gasteiger partial charge is 0.253 e. The molecule has 1 aromatic carbocycles. The maximum absolute atomic E-state index is 14.1. The van der Waals surface area contributed by atoms with Crippen LogP contribution in [0.5, 0.6) is 0 Å². The van der Waals surface area contributed by atoms with E-state index >= 15 is 0 Å². The molecule has 5 heteroatoms. The van der Waals surface area contributed by atoms with E-state index in [4.69, 9.17) is 0 Å². The van der Waals surface area contributed by atoms with Crippen LogP contribution in [0.2, 0.25) is 0 Å². The highest BCUT2D eigenvalue weighted by molar-refractivity contribution is 6.11. The molecule has 0 aromatic heterocycles. The summed E-state index contributed by atoms with van der Waals surface area (Å²) in [5, 5.41) is 2.87. The molecule has 2 aliphatic rings. The lowest BCUT2D eigenvalue weighted by atomic mass is 9.88. The van der Waals surface area contributed by atoms with Crippen molar-refractivity contribution < 1.29 is 14.0 Å². The molecule has 1 saturated heterocycles. The first-order valence-electron chi connectivity index (χ1n) is 7.39. The van der Waals surface area contributed by atoms with E-state index in [0.717, 1.165) is 12.8 Å². The first-order valence-corrected chi connectivity index (χ1v) is 7.39. The highest BCUT2D eigenvalue weighted by atomic mass is 19.1. The Morgan fingerprint density at radius 1 is 1.33 bits per heavy atom. The fourth-order valence-electron chi connectivity index (χ4n) is 3.13. The zero-order valence-corrected chi connectivity index (χ0v) is 12.2. The second kappa shape index (κ2) is 4.83. The maximum atomic E-state index is 14.1. The SMILES string of the molecule is CCC1C(=O)NC(C)(C2CC2)C(=O)N1c1ccccc1F. The van der Waals surface area contributed by atoms with Crippen LogP contribution in [0.15, 0.2) is 24.3 Å². The summed E-state index contributed by atoms with van der Waals surface area (Å²) in [6.07, 6.45) is 2.29. The number of rotatable bonds is 3. The second-order valence-electron chi connectivity index (χ2n) is 6.02. The number of para-hydroxylation sites is 1. The first-order chi connectivity index (χ1) is 9.99. The Bertz CT molecular complexity index is 600. The fraction of sp³-hybridized carbons (Fsp3) is 0.500. The van der Waals surface area contributed by atoms with Crippen LogP contribution >= 0.6 is 0 Å². The van der Waals surface area contributed by atoms with Gasteiger partial charge in [-0.2, -0.15) is 0 Å². The molecule has 1 aromatic rings. The zero-order valence-electron chi connectivity index (χ0n) is 12.2. The number of carbonyl (C=O) groups excluding carboxylic acids is 2. The summed E-state index contributed by atoms with van der Waals surface area (Å²) in [7, 11) is 0. The van der Waals surface area contributed by atoms with Crippen LogP contribution in [0, 0.1) is 11.7 Å². The zero-order chi connectivity index (χ0) is 15.2. The van der Waals surface area contributed by atoms with Gasteiger partial charge in [0, 0.05) is 0 Å². The van der Waals surface area contributed by atoms with Crippen molar-refractivity contribution in [3.05, 3.63) is 30.1 Å². The monoisotopic (exact) mass is 290 g/mol. The molecular weight excluding hydrogens is 271 g/mol. The van der Waals surface area contributed by atoms with Gasteiger partial charge in [0.25, 0.3) is 5.91 Å². The van der Waals surface area contributed by atoms with E-state index in [2.05, 4.69) is 5.32 Å². The number of piperazine rings is 1. The standard InChI is InChI=1S/C16H19FN2O2/c1-3-12-14(20)18-16(2,10-8-9-10)15(21)19(12)13-7-5-4-6-11(13)17/h4-7,10,12H,3,8-9H2,1-2H3,(H,18,20). The van der Waals surface area contributed by atoms with E-state index in [1.54, 1.807) is 25.1 Å². The molecule has 3 rings (SSSR count). The van der Waals surface area contributed by atoms with E-state index < -0.39 is 17.4 Å². The number of nitrogens with one attached hydrogen (secondary N) is 1. The van der Waals surface area contributed by atoms with E-state index in [1.165, 1.54) is 11.0 Å². The second-order valence-corrected chi connectivity index (χ2v) is 6.02. The van der Waals surface area contributed by atoms with Crippen LogP contribution in [-0.2, 0) is 9.59 Å². The fourth-order valence-corrected chi connectivity index (χ4v) is 3.13. The summed E-state index contributed by atoms with van der Waals surface area (Å²) in [4.78, 5) is 26.7. The molecule has 1 aliphatic carbocycles. The van der Waals surface area contributed by atoms with Crippen molar-refractivity contribution in [1.29, 1.82) is 0 Å². The Kier molecular flexibility index (Phi) is 3.23. The van der Waals surface area contributed by atoms with E-state index in [0.29, 0.717) is 6.42 Å². The van der Waals surface area contributed by atoms with Crippen LogP contribution in [0.25, 0.3) is 0 Å². The van der Waals surface area contributed by atoms with Crippen LogP contribution in [-0.4, -0.2) is 23.4 Å². The number of hydrogen-bond donors (Lipinski definition) is 1. The molecule has 0 bridgehead atoms. The molecule has 4 nitrogen and oxygen atoms in total. The Hall–Kier alpha value is -1.91. The van der Waals surface area contributed by atoms with Crippen LogP contribution < -0.4 is 10.2 Å². The minimum absolute atomic E-state index is 0.154. The summed E-state index contributed by atoms with van der Waals surface area (Å²) in [6, 6.07) is 5.48. The molecule has 21 heavy (non-hydrogen) atoms. The van der Waals surface area contributed by atoms with Crippen molar-refractivity contribution in [3.63, 3.8) is 0 Å². The number of amides is 2. The van der Waals surface area contributed by atoms with Crippen molar-refractivity contribution in [1.82, 2.24) is 5.32 Å². The predicted molar refractivity (Wildman–Crippen MR) is 77.2 cm³/mol. The molecule has 0 spiro atoms. The van der Waals surface area contributed by atoms with Gasteiger partial charge < -0.3 is 5.32 Å². The van der Waals surface area contributed by atoms with E-state index in [-0.39, 0.29) is 23.4 Å². The van der Waals surface area contributed by atoms with Crippen molar-refractivity contribution in [2.24, 2.45) is 5.92 Å².